The third kappa shape index (κ3) is 1.59. The van der Waals surface area contributed by atoms with Crippen LogP contribution >= 0.6 is 0 Å². The topological polar surface area (TPSA) is 29.3 Å². The number of nitrogens with two attached hydrogens (primary N) is 1. The van der Waals surface area contributed by atoms with E-state index in [2.05, 4.69) is 18.7 Å². The van der Waals surface area contributed by atoms with Crippen LogP contribution in [0.25, 0.3) is 0 Å². The van der Waals surface area contributed by atoms with Gasteiger partial charge in [-0.2, -0.15) is 0 Å². The molecule has 1 saturated carbocycles. The Bertz CT molecular complexity index is 196. The van der Waals surface area contributed by atoms with Crippen LogP contribution in [0.15, 0.2) is 0 Å². The van der Waals surface area contributed by atoms with E-state index in [1.165, 1.54) is 45.2 Å². The minimum Gasteiger partial charge on any atom is -0.326 e. The van der Waals surface area contributed by atoms with Gasteiger partial charge in [-0.15, -0.1) is 0 Å². The highest BCUT2D eigenvalue weighted by Crippen LogP contribution is 2.48. The molecule has 1 aliphatic heterocycles. The highest BCUT2D eigenvalue weighted by Gasteiger charge is 2.47. The summed E-state index contributed by atoms with van der Waals surface area (Å²) in [5.41, 5.74) is 6.80. The van der Waals surface area contributed by atoms with Crippen LogP contribution in [0, 0.1) is 5.41 Å². The molecule has 0 aromatic heterocycles. The smallest absolute Gasteiger partial charge is 0.0301 e. The zero-order valence-electron chi connectivity index (χ0n) is 9.63. The summed E-state index contributed by atoms with van der Waals surface area (Å²) in [5.74, 6) is 0. The number of nitrogens with zero attached hydrogens (tertiary/aromatic N) is 1. The molecule has 0 aromatic rings. The van der Waals surface area contributed by atoms with Crippen molar-refractivity contribution >= 4 is 0 Å². The van der Waals surface area contributed by atoms with Gasteiger partial charge >= 0.3 is 0 Å². The Kier molecular flexibility index (Phi) is 2.85. The van der Waals surface area contributed by atoms with Crippen LogP contribution in [-0.2, 0) is 0 Å². The molecule has 0 unspecified atom stereocenters. The quantitative estimate of drug-likeness (QED) is 0.748. The average Bonchev–Trinajstić information content (AvgIpc) is 2.45. The van der Waals surface area contributed by atoms with Crippen LogP contribution < -0.4 is 5.73 Å². The highest BCUT2D eigenvalue weighted by atomic mass is 15.2. The van der Waals surface area contributed by atoms with E-state index in [9.17, 15) is 0 Å². The van der Waals surface area contributed by atoms with Crippen LogP contribution in [0.3, 0.4) is 0 Å². The normalized spacial score (nSPS) is 37.1. The molecule has 0 bridgehead atoms. The third-order valence-corrected chi connectivity index (χ3v) is 4.27. The Morgan fingerprint density at radius 1 is 1.43 bits per heavy atom. The van der Waals surface area contributed by atoms with E-state index in [1.54, 1.807) is 0 Å². The molecular weight excluding hydrogens is 172 g/mol. The van der Waals surface area contributed by atoms with E-state index >= 15 is 0 Å². The standard InChI is InChI=1S/C12H24N2/c1-3-8-14-9-5-10(13)11(14)12(2)6-4-7-12/h10-11H,3-9,13H2,1-2H3/t10-,11-/m1/s1. The number of hydrogen-bond donors (Lipinski definition) is 1. The minimum atomic E-state index is 0.437. The van der Waals surface area contributed by atoms with Crippen LogP contribution in [-0.4, -0.2) is 30.1 Å². The zero-order chi connectivity index (χ0) is 10.2. The van der Waals surface area contributed by atoms with E-state index in [-0.39, 0.29) is 0 Å². The van der Waals surface area contributed by atoms with Gasteiger partial charge in [-0.25, -0.2) is 0 Å². The van der Waals surface area contributed by atoms with E-state index < -0.39 is 0 Å². The van der Waals surface area contributed by atoms with Gasteiger partial charge in [0.05, 0.1) is 0 Å². The lowest BCUT2D eigenvalue weighted by molar-refractivity contribution is 0.0304. The Morgan fingerprint density at radius 2 is 2.14 bits per heavy atom. The lowest BCUT2D eigenvalue weighted by Gasteiger charge is -2.48. The van der Waals surface area contributed by atoms with Crippen molar-refractivity contribution in [2.45, 2.75) is 58.0 Å². The molecule has 2 heteroatoms. The summed E-state index contributed by atoms with van der Waals surface area (Å²) in [7, 11) is 0. The van der Waals surface area contributed by atoms with Crippen molar-refractivity contribution in [3.8, 4) is 0 Å². The van der Waals surface area contributed by atoms with Gasteiger partial charge in [-0.05, 0) is 37.6 Å². The number of likely N-dealkylation sites (tertiary alicyclic amines) is 1. The summed E-state index contributed by atoms with van der Waals surface area (Å²) in [6.07, 6.45) is 6.68. The van der Waals surface area contributed by atoms with Crippen molar-refractivity contribution < 1.29 is 0 Å². The molecule has 14 heavy (non-hydrogen) atoms. The highest BCUT2D eigenvalue weighted by molar-refractivity contribution is 5.03. The fourth-order valence-electron chi connectivity index (χ4n) is 3.41. The molecule has 1 saturated heterocycles. The van der Waals surface area contributed by atoms with Gasteiger partial charge in [0.2, 0.25) is 0 Å². The van der Waals surface area contributed by atoms with Crippen molar-refractivity contribution in [2.75, 3.05) is 13.1 Å². The molecule has 0 radical (unpaired) electrons. The summed E-state index contributed by atoms with van der Waals surface area (Å²) in [4.78, 5) is 2.64. The van der Waals surface area contributed by atoms with Gasteiger partial charge in [-0.3, -0.25) is 4.90 Å². The summed E-state index contributed by atoms with van der Waals surface area (Å²) in [5, 5.41) is 0. The Hall–Kier alpha value is -0.0800. The van der Waals surface area contributed by atoms with Crippen molar-refractivity contribution in [3.63, 3.8) is 0 Å². The van der Waals surface area contributed by atoms with Crippen LogP contribution in [0.2, 0.25) is 0 Å². The predicted molar refractivity (Wildman–Crippen MR) is 60.2 cm³/mol. The van der Waals surface area contributed by atoms with Gasteiger partial charge in [0, 0.05) is 18.6 Å². The first-order valence-electron chi connectivity index (χ1n) is 6.17. The van der Waals surface area contributed by atoms with Crippen molar-refractivity contribution in [1.82, 2.24) is 4.90 Å². The van der Waals surface area contributed by atoms with Crippen molar-refractivity contribution in [3.05, 3.63) is 0 Å². The first kappa shape index (κ1) is 10.4. The lowest BCUT2D eigenvalue weighted by atomic mass is 9.64. The van der Waals surface area contributed by atoms with Crippen LogP contribution in [0.1, 0.15) is 46.0 Å². The van der Waals surface area contributed by atoms with Crippen LogP contribution in [0.4, 0.5) is 0 Å². The molecule has 0 spiro atoms. The minimum absolute atomic E-state index is 0.437. The monoisotopic (exact) mass is 196 g/mol. The lowest BCUT2D eigenvalue weighted by Crippen LogP contribution is -2.53. The Morgan fingerprint density at radius 3 is 2.64 bits per heavy atom. The fourth-order valence-corrected chi connectivity index (χ4v) is 3.41. The van der Waals surface area contributed by atoms with E-state index in [0.717, 1.165) is 0 Å². The first-order chi connectivity index (χ1) is 6.67. The number of hydrogen-bond acceptors (Lipinski definition) is 2. The van der Waals surface area contributed by atoms with Crippen molar-refractivity contribution in [1.29, 1.82) is 0 Å². The Labute approximate surface area is 87.8 Å². The Balaban J connectivity index is 2.05. The zero-order valence-corrected chi connectivity index (χ0v) is 9.63. The maximum absolute atomic E-state index is 6.25. The molecule has 2 atom stereocenters. The first-order valence-corrected chi connectivity index (χ1v) is 6.17. The maximum atomic E-state index is 6.25. The predicted octanol–water partition coefficient (Wildman–Crippen LogP) is 1.99. The SMILES string of the molecule is CCCN1CC[C@@H](N)[C@@H]1C1(C)CCC1. The van der Waals surface area contributed by atoms with Gasteiger partial charge in [0.25, 0.3) is 0 Å². The number of rotatable bonds is 3. The summed E-state index contributed by atoms with van der Waals surface area (Å²) < 4.78 is 0. The van der Waals surface area contributed by atoms with E-state index in [4.69, 9.17) is 5.73 Å². The second kappa shape index (κ2) is 3.82. The molecule has 2 aliphatic rings. The third-order valence-electron chi connectivity index (χ3n) is 4.27. The molecule has 2 rings (SSSR count). The molecule has 0 amide bonds. The van der Waals surface area contributed by atoms with Crippen molar-refractivity contribution in [2.24, 2.45) is 11.1 Å². The molecule has 2 fully saturated rings. The average molecular weight is 196 g/mol. The van der Waals surface area contributed by atoms with Crippen LogP contribution in [0.5, 0.6) is 0 Å². The molecule has 2 nitrogen and oxygen atoms in total. The molecule has 1 aliphatic carbocycles. The second-order valence-electron chi connectivity index (χ2n) is 5.44. The maximum Gasteiger partial charge on any atom is 0.0301 e. The fraction of sp³-hybridized carbons (Fsp3) is 1.00. The summed E-state index contributed by atoms with van der Waals surface area (Å²) in [6.45, 7) is 7.18. The summed E-state index contributed by atoms with van der Waals surface area (Å²) in [6, 6.07) is 1.11. The summed E-state index contributed by atoms with van der Waals surface area (Å²) >= 11 is 0. The van der Waals surface area contributed by atoms with E-state index in [0.29, 0.717) is 17.5 Å². The van der Waals surface area contributed by atoms with E-state index in [1.807, 2.05) is 0 Å². The van der Waals surface area contributed by atoms with Gasteiger partial charge in [-0.1, -0.05) is 20.3 Å². The van der Waals surface area contributed by atoms with Gasteiger partial charge in [0.1, 0.15) is 0 Å². The van der Waals surface area contributed by atoms with Gasteiger partial charge < -0.3 is 5.73 Å². The van der Waals surface area contributed by atoms with Gasteiger partial charge in [0.15, 0.2) is 0 Å². The molecule has 2 N–H and O–H groups in total. The second-order valence-corrected chi connectivity index (χ2v) is 5.44. The molecule has 1 heterocycles. The largest absolute Gasteiger partial charge is 0.326 e. The molecule has 82 valence electrons. The molecular formula is C12H24N2. The molecule has 0 aromatic carbocycles.